The van der Waals surface area contributed by atoms with E-state index in [9.17, 15) is 4.79 Å². The molecule has 1 aromatic heterocycles. The largest absolute Gasteiger partial charge is 0.441 e. The van der Waals surface area contributed by atoms with Gasteiger partial charge in [0.25, 0.3) is 0 Å². The van der Waals surface area contributed by atoms with Crippen LogP contribution in [0.25, 0.3) is 11.1 Å². The average molecular weight is 320 g/mol. The molecule has 0 aliphatic carbocycles. The predicted molar refractivity (Wildman–Crippen MR) is 94.2 cm³/mol. The molecule has 24 heavy (non-hydrogen) atoms. The molecule has 1 atom stereocenters. The van der Waals surface area contributed by atoms with E-state index in [1.165, 1.54) is 5.56 Å². The first-order valence-corrected chi connectivity index (χ1v) is 8.38. The Labute approximate surface area is 141 Å². The molecule has 0 N–H and O–H groups in total. The van der Waals surface area contributed by atoms with E-state index in [-0.39, 0.29) is 11.9 Å². The van der Waals surface area contributed by atoms with Gasteiger partial charge >= 0.3 is 0 Å². The van der Waals surface area contributed by atoms with E-state index >= 15 is 0 Å². The van der Waals surface area contributed by atoms with Crippen LogP contribution in [0, 0.1) is 6.92 Å². The maximum absolute atomic E-state index is 12.8. The first-order chi connectivity index (χ1) is 11.6. The van der Waals surface area contributed by atoms with Gasteiger partial charge in [-0.2, -0.15) is 0 Å². The lowest BCUT2D eigenvalue weighted by atomic mass is 10.1. The van der Waals surface area contributed by atoms with Gasteiger partial charge in [0.05, 0.1) is 0 Å². The number of rotatable bonds is 3. The third kappa shape index (κ3) is 2.58. The number of benzene rings is 2. The smallest absolute Gasteiger partial charge is 0.227 e. The summed E-state index contributed by atoms with van der Waals surface area (Å²) < 4.78 is 5.50. The number of anilines is 1. The quantitative estimate of drug-likeness (QED) is 0.731. The minimum atomic E-state index is 0.184. The molecule has 0 radical (unpaired) electrons. The number of amides is 1. The number of fused-ring (bicyclic) bond motifs is 2. The zero-order valence-corrected chi connectivity index (χ0v) is 14.0. The van der Waals surface area contributed by atoms with Crippen LogP contribution in [0.3, 0.4) is 0 Å². The Morgan fingerprint density at radius 3 is 3.00 bits per heavy atom. The van der Waals surface area contributed by atoms with Crippen LogP contribution in [0.2, 0.25) is 0 Å². The molecule has 0 saturated carbocycles. The van der Waals surface area contributed by atoms with Crippen LogP contribution in [-0.4, -0.2) is 16.9 Å². The summed E-state index contributed by atoms with van der Waals surface area (Å²) in [6, 6.07) is 14.4. The number of carbonyl (C=O) groups excluding carboxylic acids is 1. The van der Waals surface area contributed by atoms with Crippen molar-refractivity contribution in [1.29, 1.82) is 0 Å². The fraction of sp³-hybridized carbons (Fsp3) is 0.300. The molecular formula is C20H20N2O2. The minimum Gasteiger partial charge on any atom is -0.441 e. The van der Waals surface area contributed by atoms with Gasteiger partial charge in [0.15, 0.2) is 11.5 Å². The second kappa shape index (κ2) is 5.78. The number of hydrogen-bond donors (Lipinski definition) is 0. The SMILES string of the molecule is Cc1nc2cc(CCC(=O)N3c4ccccc4CC3C)ccc2o1. The highest BCUT2D eigenvalue weighted by molar-refractivity contribution is 5.96. The van der Waals surface area contributed by atoms with Crippen LogP contribution in [0.1, 0.15) is 30.4 Å². The van der Waals surface area contributed by atoms with Gasteiger partial charge in [-0.1, -0.05) is 24.3 Å². The fourth-order valence-corrected chi connectivity index (χ4v) is 3.56. The van der Waals surface area contributed by atoms with Gasteiger partial charge in [0.2, 0.25) is 5.91 Å². The molecule has 1 unspecified atom stereocenters. The topological polar surface area (TPSA) is 46.3 Å². The second-order valence-corrected chi connectivity index (χ2v) is 6.48. The van der Waals surface area contributed by atoms with E-state index < -0.39 is 0 Å². The summed E-state index contributed by atoms with van der Waals surface area (Å²) in [4.78, 5) is 19.1. The fourth-order valence-electron chi connectivity index (χ4n) is 3.56. The molecule has 0 bridgehead atoms. The summed E-state index contributed by atoms with van der Waals surface area (Å²) in [5.41, 5.74) is 5.10. The normalized spacial score (nSPS) is 16.6. The van der Waals surface area contributed by atoms with Gasteiger partial charge in [0, 0.05) is 25.1 Å². The highest BCUT2D eigenvalue weighted by Crippen LogP contribution is 2.32. The summed E-state index contributed by atoms with van der Waals surface area (Å²) in [6.07, 6.45) is 2.15. The lowest BCUT2D eigenvalue weighted by molar-refractivity contribution is -0.118. The standard InChI is InChI=1S/C20H20N2O2/c1-13-11-16-5-3-4-6-18(16)22(13)20(23)10-8-15-7-9-19-17(12-15)21-14(2)24-19/h3-7,9,12-13H,8,10-11H2,1-2H3. The van der Waals surface area contributed by atoms with Gasteiger partial charge in [0.1, 0.15) is 5.52 Å². The van der Waals surface area contributed by atoms with Crippen molar-refractivity contribution in [2.24, 2.45) is 0 Å². The first kappa shape index (κ1) is 14.9. The van der Waals surface area contributed by atoms with Gasteiger partial charge in [-0.05, 0) is 49.1 Å². The molecule has 4 rings (SSSR count). The Morgan fingerprint density at radius 1 is 1.29 bits per heavy atom. The van der Waals surface area contributed by atoms with Crippen LogP contribution >= 0.6 is 0 Å². The minimum absolute atomic E-state index is 0.184. The van der Waals surface area contributed by atoms with Gasteiger partial charge < -0.3 is 9.32 Å². The zero-order valence-electron chi connectivity index (χ0n) is 14.0. The summed E-state index contributed by atoms with van der Waals surface area (Å²) in [5.74, 6) is 0.851. The highest BCUT2D eigenvalue weighted by atomic mass is 16.3. The molecule has 1 aliphatic heterocycles. The van der Waals surface area contributed by atoms with Crippen molar-refractivity contribution < 1.29 is 9.21 Å². The molecule has 0 spiro atoms. The number of nitrogens with zero attached hydrogens (tertiary/aromatic N) is 2. The summed E-state index contributed by atoms with van der Waals surface area (Å²) in [6.45, 7) is 3.96. The number of aromatic nitrogens is 1. The summed E-state index contributed by atoms with van der Waals surface area (Å²) >= 11 is 0. The predicted octanol–water partition coefficient (Wildman–Crippen LogP) is 4.05. The summed E-state index contributed by atoms with van der Waals surface area (Å²) in [7, 11) is 0. The van der Waals surface area contributed by atoms with E-state index in [0.29, 0.717) is 18.7 Å². The molecule has 4 nitrogen and oxygen atoms in total. The van der Waals surface area contributed by atoms with Crippen molar-refractivity contribution in [2.45, 2.75) is 39.2 Å². The third-order valence-corrected chi connectivity index (χ3v) is 4.66. The van der Waals surface area contributed by atoms with Crippen LogP contribution < -0.4 is 4.90 Å². The van der Waals surface area contributed by atoms with Gasteiger partial charge in [-0.25, -0.2) is 4.98 Å². The molecule has 1 aliphatic rings. The number of para-hydroxylation sites is 1. The van der Waals surface area contributed by atoms with E-state index in [4.69, 9.17) is 4.42 Å². The number of aryl methyl sites for hydroxylation is 2. The Morgan fingerprint density at radius 2 is 2.12 bits per heavy atom. The molecule has 4 heteroatoms. The third-order valence-electron chi connectivity index (χ3n) is 4.66. The maximum atomic E-state index is 12.8. The maximum Gasteiger partial charge on any atom is 0.227 e. The van der Waals surface area contributed by atoms with Crippen molar-refractivity contribution in [1.82, 2.24) is 4.98 Å². The Bertz CT molecular complexity index is 913. The van der Waals surface area contributed by atoms with Crippen LogP contribution in [0.15, 0.2) is 46.9 Å². The number of carbonyl (C=O) groups is 1. The lowest BCUT2D eigenvalue weighted by Gasteiger charge is -2.22. The van der Waals surface area contributed by atoms with E-state index in [0.717, 1.165) is 28.8 Å². The summed E-state index contributed by atoms with van der Waals surface area (Å²) in [5, 5.41) is 0. The van der Waals surface area contributed by atoms with Crippen LogP contribution in [-0.2, 0) is 17.6 Å². The average Bonchev–Trinajstić information content (AvgIpc) is 3.09. The van der Waals surface area contributed by atoms with Gasteiger partial charge in [-0.3, -0.25) is 4.79 Å². The molecule has 0 fully saturated rings. The molecule has 3 aromatic rings. The number of hydrogen-bond acceptors (Lipinski definition) is 3. The van der Waals surface area contributed by atoms with Crippen LogP contribution in [0.4, 0.5) is 5.69 Å². The van der Waals surface area contributed by atoms with Crippen molar-refractivity contribution in [3.05, 3.63) is 59.5 Å². The van der Waals surface area contributed by atoms with E-state index in [1.807, 2.05) is 48.2 Å². The van der Waals surface area contributed by atoms with E-state index in [2.05, 4.69) is 18.0 Å². The van der Waals surface area contributed by atoms with Crippen molar-refractivity contribution in [2.75, 3.05) is 4.90 Å². The second-order valence-electron chi connectivity index (χ2n) is 6.48. The lowest BCUT2D eigenvalue weighted by Crippen LogP contribution is -2.35. The Kier molecular flexibility index (Phi) is 3.60. The molecular weight excluding hydrogens is 300 g/mol. The highest BCUT2D eigenvalue weighted by Gasteiger charge is 2.29. The molecule has 2 heterocycles. The first-order valence-electron chi connectivity index (χ1n) is 8.38. The van der Waals surface area contributed by atoms with Crippen molar-refractivity contribution in [3.8, 4) is 0 Å². The van der Waals surface area contributed by atoms with Gasteiger partial charge in [-0.15, -0.1) is 0 Å². The Hall–Kier alpha value is -2.62. The van der Waals surface area contributed by atoms with Crippen LogP contribution in [0.5, 0.6) is 0 Å². The zero-order chi connectivity index (χ0) is 16.7. The van der Waals surface area contributed by atoms with Crippen molar-refractivity contribution in [3.63, 3.8) is 0 Å². The molecule has 1 amide bonds. The van der Waals surface area contributed by atoms with E-state index in [1.54, 1.807) is 0 Å². The molecule has 122 valence electrons. The molecule has 0 saturated heterocycles. The number of oxazole rings is 1. The Balaban J connectivity index is 1.49. The van der Waals surface area contributed by atoms with Crippen molar-refractivity contribution >= 4 is 22.7 Å². The molecule has 2 aromatic carbocycles. The monoisotopic (exact) mass is 320 g/mol.